The Morgan fingerprint density at radius 1 is 0.291 bits per heavy atom. The standard InChI is InChI=1S/C47H27N5O3/c1-4-12-38-35(8-1)42-34(9-7-15-41(42)53-38)28-16-18-29(19-17-28)43-50-44(30-20-24-32(25-21-30)46-48-36-10-2-5-13-39(36)54-46)52-45(51-43)31-22-26-33(27-23-31)47-49-37-11-3-6-14-40(37)55-47/h1-27H. The predicted octanol–water partition coefficient (Wildman–Crippen LogP) is 12.1. The summed E-state index contributed by atoms with van der Waals surface area (Å²) in [5, 5.41) is 2.19. The number of benzene rings is 7. The van der Waals surface area contributed by atoms with E-state index in [9.17, 15) is 0 Å². The molecule has 258 valence electrons. The van der Waals surface area contributed by atoms with Gasteiger partial charge in [-0.05, 0) is 71.8 Å². The van der Waals surface area contributed by atoms with E-state index in [1.165, 1.54) is 0 Å². The summed E-state index contributed by atoms with van der Waals surface area (Å²) in [7, 11) is 0. The number of hydrogen-bond acceptors (Lipinski definition) is 8. The first-order valence-corrected chi connectivity index (χ1v) is 17.9. The van der Waals surface area contributed by atoms with Crippen LogP contribution in [0.4, 0.5) is 0 Å². The molecule has 0 radical (unpaired) electrons. The van der Waals surface area contributed by atoms with Crippen LogP contribution < -0.4 is 0 Å². The number of aromatic nitrogens is 5. The zero-order valence-corrected chi connectivity index (χ0v) is 29.0. The van der Waals surface area contributed by atoms with E-state index in [1.807, 2.05) is 127 Å². The van der Waals surface area contributed by atoms with E-state index in [0.717, 1.165) is 83.1 Å². The summed E-state index contributed by atoms with van der Waals surface area (Å²) in [6, 6.07) is 54.0. The molecule has 0 unspecified atom stereocenters. The minimum absolute atomic E-state index is 0.547. The van der Waals surface area contributed by atoms with E-state index in [4.69, 9.17) is 28.2 Å². The van der Waals surface area contributed by atoms with Gasteiger partial charge in [-0.2, -0.15) is 0 Å². The van der Waals surface area contributed by atoms with Gasteiger partial charge in [0.05, 0.1) is 0 Å². The minimum Gasteiger partial charge on any atom is -0.456 e. The molecule has 8 heteroatoms. The zero-order chi connectivity index (χ0) is 36.3. The Balaban J connectivity index is 0.986. The third-order valence-electron chi connectivity index (χ3n) is 9.86. The molecule has 4 aromatic heterocycles. The minimum atomic E-state index is 0.547. The van der Waals surface area contributed by atoms with Crippen molar-refractivity contribution in [1.82, 2.24) is 24.9 Å². The molecule has 0 fully saturated rings. The fourth-order valence-corrected chi connectivity index (χ4v) is 7.09. The Labute approximate surface area is 313 Å². The topological polar surface area (TPSA) is 104 Å². The van der Waals surface area contributed by atoms with Crippen molar-refractivity contribution < 1.29 is 13.3 Å². The largest absolute Gasteiger partial charge is 0.456 e. The second-order valence-corrected chi connectivity index (χ2v) is 13.3. The Hall–Kier alpha value is -7.71. The number of fused-ring (bicyclic) bond motifs is 5. The Kier molecular flexibility index (Phi) is 6.99. The highest BCUT2D eigenvalue weighted by Crippen LogP contribution is 2.37. The summed E-state index contributed by atoms with van der Waals surface area (Å²) in [5.74, 6) is 2.77. The predicted molar refractivity (Wildman–Crippen MR) is 215 cm³/mol. The average Bonchev–Trinajstić information content (AvgIpc) is 3.99. The smallest absolute Gasteiger partial charge is 0.227 e. The van der Waals surface area contributed by atoms with Gasteiger partial charge in [-0.1, -0.05) is 103 Å². The molecule has 11 rings (SSSR count). The zero-order valence-electron chi connectivity index (χ0n) is 29.0. The first-order valence-electron chi connectivity index (χ1n) is 17.9. The van der Waals surface area contributed by atoms with Crippen molar-refractivity contribution in [1.29, 1.82) is 0 Å². The van der Waals surface area contributed by atoms with Crippen molar-refractivity contribution in [2.45, 2.75) is 0 Å². The maximum Gasteiger partial charge on any atom is 0.227 e. The molecule has 0 aliphatic heterocycles. The van der Waals surface area contributed by atoms with Gasteiger partial charge in [0.25, 0.3) is 0 Å². The van der Waals surface area contributed by atoms with Gasteiger partial charge >= 0.3 is 0 Å². The lowest BCUT2D eigenvalue weighted by Crippen LogP contribution is -2.00. The fourth-order valence-electron chi connectivity index (χ4n) is 7.09. The molecule has 0 aliphatic rings. The van der Waals surface area contributed by atoms with E-state index in [0.29, 0.717) is 29.3 Å². The van der Waals surface area contributed by atoms with Crippen LogP contribution in [-0.2, 0) is 0 Å². The van der Waals surface area contributed by atoms with Gasteiger partial charge < -0.3 is 13.3 Å². The summed E-state index contributed by atoms with van der Waals surface area (Å²) in [6.07, 6.45) is 0. The van der Waals surface area contributed by atoms with Gasteiger partial charge in [-0.3, -0.25) is 0 Å². The van der Waals surface area contributed by atoms with Crippen LogP contribution in [0.15, 0.2) is 177 Å². The van der Waals surface area contributed by atoms with Gasteiger partial charge in [0.2, 0.25) is 11.8 Å². The highest BCUT2D eigenvalue weighted by atomic mass is 16.4. The molecule has 0 saturated carbocycles. The summed E-state index contributed by atoms with van der Waals surface area (Å²) in [4.78, 5) is 24.3. The van der Waals surface area contributed by atoms with Crippen LogP contribution >= 0.6 is 0 Å². The first-order chi connectivity index (χ1) is 27.2. The van der Waals surface area contributed by atoms with Crippen molar-refractivity contribution in [2.75, 3.05) is 0 Å². The molecule has 4 heterocycles. The van der Waals surface area contributed by atoms with E-state index < -0.39 is 0 Å². The van der Waals surface area contributed by atoms with Gasteiger partial charge in [0.15, 0.2) is 28.6 Å². The van der Waals surface area contributed by atoms with Crippen LogP contribution in [0.2, 0.25) is 0 Å². The number of hydrogen-bond donors (Lipinski definition) is 0. The van der Waals surface area contributed by atoms with Crippen molar-refractivity contribution in [2.24, 2.45) is 0 Å². The third-order valence-corrected chi connectivity index (χ3v) is 9.86. The molecule has 0 N–H and O–H groups in total. The molecule has 8 nitrogen and oxygen atoms in total. The monoisotopic (exact) mass is 709 g/mol. The quantitative estimate of drug-likeness (QED) is 0.168. The van der Waals surface area contributed by atoms with E-state index in [2.05, 4.69) is 46.4 Å². The lowest BCUT2D eigenvalue weighted by Gasteiger charge is -2.10. The van der Waals surface area contributed by atoms with Crippen LogP contribution in [-0.4, -0.2) is 24.9 Å². The summed E-state index contributed by atoms with van der Waals surface area (Å²) in [5.41, 5.74) is 11.3. The van der Waals surface area contributed by atoms with Gasteiger partial charge in [0.1, 0.15) is 22.2 Å². The van der Waals surface area contributed by atoms with Crippen molar-refractivity contribution in [3.8, 4) is 68.2 Å². The van der Waals surface area contributed by atoms with Crippen LogP contribution in [0.5, 0.6) is 0 Å². The number of rotatable bonds is 6. The van der Waals surface area contributed by atoms with Crippen molar-refractivity contribution >= 4 is 44.1 Å². The second kappa shape index (κ2) is 12.5. The van der Waals surface area contributed by atoms with Gasteiger partial charge in [0, 0.05) is 38.6 Å². The number of para-hydroxylation sites is 5. The molecular weight excluding hydrogens is 683 g/mol. The third kappa shape index (κ3) is 5.43. The Bertz CT molecular complexity index is 3000. The number of nitrogens with zero attached hydrogens (tertiary/aromatic N) is 5. The Morgan fingerprint density at radius 3 is 1.22 bits per heavy atom. The molecular formula is C47H27N5O3. The van der Waals surface area contributed by atoms with Gasteiger partial charge in [-0.25, -0.2) is 24.9 Å². The molecule has 55 heavy (non-hydrogen) atoms. The number of furan rings is 1. The van der Waals surface area contributed by atoms with Crippen LogP contribution in [0.1, 0.15) is 0 Å². The van der Waals surface area contributed by atoms with Crippen LogP contribution in [0.3, 0.4) is 0 Å². The highest BCUT2D eigenvalue weighted by Gasteiger charge is 2.17. The maximum absolute atomic E-state index is 6.17. The molecule has 11 aromatic rings. The van der Waals surface area contributed by atoms with Crippen LogP contribution in [0, 0.1) is 0 Å². The second-order valence-electron chi connectivity index (χ2n) is 13.3. The average molecular weight is 710 g/mol. The summed E-state index contributed by atoms with van der Waals surface area (Å²) in [6.45, 7) is 0. The lowest BCUT2D eigenvalue weighted by atomic mass is 9.98. The van der Waals surface area contributed by atoms with Crippen molar-refractivity contribution in [3.05, 3.63) is 164 Å². The summed E-state index contributed by atoms with van der Waals surface area (Å²) >= 11 is 0. The molecule has 0 saturated heterocycles. The maximum atomic E-state index is 6.17. The molecule has 0 amide bonds. The molecule has 0 spiro atoms. The molecule has 7 aromatic carbocycles. The first kappa shape index (κ1) is 30.9. The van der Waals surface area contributed by atoms with E-state index in [-0.39, 0.29) is 0 Å². The van der Waals surface area contributed by atoms with Crippen LogP contribution in [0.25, 0.3) is 112 Å². The molecule has 0 atom stereocenters. The van der Waals surface area contributed by atoms with Crippen molar-refractivity contribution in [3.63, 3.8) is 0 Å². The lowest BCUT2D eigenvalue weighted by molar-refractivity contribution is 0.619. The summed E-state index contributed by atoms with van der Waals surface area (Å²) < 4.78 is 18.2. The van der Waals surface area contributed by atoms with Gasteiger partial charge in [-0.15, -0.1) is 0 Å². The highest BCUT2D eigenvalue weighted by molar-refractivity contribution is 6.12. The number of oxazole rings is 2. The Morgan fingerprint density at radius 2 is 0.709 bits per heavy atom. The molecule has 0 aliphatic carbocycles. The fraction of sp³-hybridized carbons (Fsp3) is 0. The van der Waals surface area contributed by atoms with E-state index >= 15 is 0 Å². The normalized spacial score (nSPS) is 11.6. The SMILES string of the molecule is c1ccc2oc(-c3ccc(-c4nc(-c5ccc(-c6nc7ccccc7o6)cc5)nc(-c5ccc(-c6cccc7oc8ccccc8c67)cc5)n4)cc3)nc2c1. The molecule has 0 bridgehead atoms. The van der Waals surface area contributed by atoms with E-state index in [1.54, 1.807) is 0 Å².